The van der Waals surface area contributed by atoms with Gasteiger partial charge < -0.3 is 4.74 Å². The molecule has 0 radical (unpaired) electrons. The molecule has 0 aromatic heterocycles. The fraction of sp³-hybridized carbons (Fsp3) is 0.0556. The van der Waals surface area contributed by atoms with Crippen LogP contribution in [0.2, 0.25) is 0 Å². The first-order valence-electron chi connectivity index (χ1n) is 7.70. The number of hydrogen-bond acceptors (Lipinski definition) is 6. The number of non-ortho nitro benzene ring substituents is 1. The molecule has 1 aliphatic heterocycles. The first-order valence-corrected chi connectivity index (χ1v) is 8.11. The normalized spacial score (nSPS) is 15.0. The molecular weight excluding hydrogens is 370 g/mol. The topological polar surface area (TPSA) is 102 Å². The van der Waals surface area contributed by atoms with Crippen LogP contribution >= 0.6 is 12.2 Å². The van der Waals surface area contributed by atoms with Gasteiger partial charge in [0, 0.05) is 17.7 Å². The van der Waals surface area contributed by atoms with Gasteiger partial charge in [-0.05, 0) is 48.1 Å². The molecule has 1 N–H and O–H groups in total. The van der Waals surface area contributed by atoms with E-state index in [1.807, 2.05) is 0 Å². The van der Waals surface area contributed by atoms with Crippen LogP contribution in [0.5, 0.6) is 5.75 Å². The van der Waals surface area contributed by atoms with Crippen molar-refractivity contribution in [3.8, 4) is 5.75 Å². The SMILES string of the molecule is COc1ccc(/C=C2\C(=O)NC(=S)N2C(=O)c2ccc([N+](=O)[O-])cc2)cc1. The van der Waals surface area contributed by atoms with Gasteiger partial charge in [0.2, 0.25) is 0 Å². The van der Waals surface area contributed by atoms with Crippen LogP contribution in [0.4, 0.5) is 5.69 Å². The van der Waals surface area contributed by atoms with Gasteiger partial charge in [0.1, 0.15) is 11.4 Å². The second-order valence-electron chi connectivity index (χ2n) is 5.51. The summed E-state index contributed by atoms with van der Waals surface area (Å²) in [5, 5.41) is 13.1. The summed E-state index contributed by atoms with van der Waals surface area (Å²) in [5.74, 6) is -0.415. The summed E-state index contributed by atoms with van der Waals surface area (Å²) in [6.07, 6.45) is 1.53. The smallest absolute Gasteiger partial charge is 0.274 e. The number of thiocarbonyl (C=S) groups is 1. The molecule has 9 heteroatoms. The van der Waals surface area contributed by atoms with E-state index in [9.17, 15) is 19.7 Å². The van der Waals surface area contributed by atoms with E-state index in [4.69, 9.17) is 17.0 Å². The average molecular weight is 383 g/mol. The predicted molar refractivity (Wildman–Crippen MR) is 101 cm³/mol. The fourth-order valence-electron chi connectivity index (χ4n) is 2.47. The Morgan fingerprint density at radius 1 is 1.19 bits per heavy atom. The summed E-state index contributed by atoms with van der Waals surface area (Å²) in [7, 11) is 1.54. The highest BCUT2D eigenvalue weighted by Gasteiger charge is 2.35. The van der Waals surface area contributed by atoms with E-state index in [-0.39, 0.29) is 22.1 Å². The molecular formula is C18H13N3O5S. The molecule has 2 amide bonds. The average Bonchev–Trinajstić information content (AvgIpc) is 2.95. The van der Waals surface area contributed by atoms with E-state index in [0.29, 0.717) is 11.3 Å². The van der Waals surface area contributed by atoms with Crippen LogP contribution in [0, 0.1) is 10.1 Å². The van der Waals surface area contributed by atoms with Crippen molar-refractivity contribution in [1.82, 2.24) is 10.2 Å². The van der Waals surface area contributed by atoms with Crippen molar-refractivity contribution in [1.29, 1.82) is 0 Å². The Bertz CT molecular complexity index is 967. The van der Waals surface area contributed by atoms with E-state index in [2.05, 4.69) is 5.32 Å². The molecule has 1 fully saturated rings. The maximum Gasteiger partial charge on any atom is 0.274 e. The molecule has 0 bridgehead atoms. The van der Waals surface area contributed by atoms with Gasteiger partial charge in [-0.3, -0.25) is 25.0 Å². The van der Waals surface area contributed by atoms with E-state index in [0.717, 1.165) is 4.90 Å². The van der Waals surface area contributed by atoms with Gasteiger partial charge in [-0.2, -0.15) is 0 Å². The standard InChI is InChI=1S/C18H13N3O5S/c1-26-14-8-2-11(3-9-14)10-15-16(22)19-18(27)20(15)17(23)12-4-6-13(7-5-12)21(24)25/h2-10H,1H3,(H,19,22,27)/b15-10+. The van der Waals surface area contributed by atoms with E-state index >= 15 is 0 Å². The Labute approximate surface area is 159 Å². The number of carbonyl (C=O) groups excluding carboxylic acids is 2. The number of methoxy groups -OCH3 is 1. The Kier molecular flexibility index (Phi) is 4.95. The molecule has 0 unspecified atom stereocenters. The number of nitrogens with zero attached hydrogens (tertiary/aromatic N) is 2. The maximum atomic E-state index is 12.8. The molecule has 8 nitrogen and oxygen atoms in total. The van der Waals surface area contributed by atoms with Gasteiger partial charge in [-0.15, -0.1) is 0 Å². The number of ether oxygens (including phenoxy) is 1. The second kappa shape index (κ2) is 7.34. The number of carbonyl (C=O) groups is 2. The lowest BCUT2D eigenvalue weighted by atomic mass is 10.1. The number of nitro benzene ring substituents is 1. The molecule has 1 heterocycles. The van der Waals surface area contributed by atoms with Crippen molar-refractivity contribution < 1.29 is 19.2 Å². The molecule has 1 saturated heterocycles. The van der Waals surface area contributed by atoms with Gasteiger partial charge in [0.25, 0.3) is 17.5 Å². The summed E-state index contributed by atoms with van der Waals surface area (Å²) in [4.78, 5) is 36.3. The number of amides is 2. The minimum absolute atomic E-state index is 0.0527. The van der Waals surface area contributed by atoms with Crippen molar-refractivity contribution in [3.63, 3.8) is 0 Å². The van der Waals surface area contributed by atoms with E-state index in [1.54, 1.807) is 31.4 Å². The molecule has 2 aromatic rings. The number of nitro groups is 1. The minimum Gasteiger partial charge on any atom is -0.497 e. The van der Waals surface area contributed by atoms with Gasteiger partial charge in [0.05, 0.1) is 12.0 Å². The van der Waals surface area contributed by atoms with Crippen LogP contribution in [0.3, 0.4) is 0 Å². The zero-order valence-electron chi connectivity index (χ0n) is 14.0. The molecule has 0 saturated carbocycles. The summed E-state index contributed by atoms with van der Waals surface area (Å²) in [6, 6.07) is 12.0. The number of benzene rings is 2. The van der Waals surface area contributed by atoms with Crippen LogP contribution in [0.1, 0.15) is 15.9 Å². The van der Waals surface area contributed by atoms with Gasteiger partial charge in [0.15, 0.2) is 5.11 Å². The largest absolute Gasteiger partial charge is 0.497 e. The molecule has 0 atom stereocenters. The molecule has 1 aliphatic rings. The van der Waals surface area contributed by atoms with Gasteiger partial charge in [-0.1, -0.05) is 12.1 Å². The first kappa shape index (κ1) is 18.2. The molecule has 0 spiro atoms. The Morgan fingerprint density at radius 3 is 2.37 bits per heavy atom. The maximum absolute atomic E-state index is 12.8. The van der Waals surface area contributed by atoms with Gasteiger partial charge >= 0.3 is 0 Å². The molecule has 0 aliphatic carbocycles. The van der Waals surface area contributed by atoms with E-state index < -0.39 is 16.7 Å². The van der Waals surface area contributed by atoms with Crippen LogP contribution in [-0.2, 0) is 4.79 Å². The zero-order valence-corrected chi connectivity index (χ0v) is 14.9. The second-order valence-corrected chi connectivity index (χ2v) is 5.89. The van der Waals surface area contributed by atoms with Crippen molar-refractivity contribution in [2.24, 2.45) is 0 Å². The minimum atomic E-state index is -0.562. The first-order chi connectivity index (χ1) is 12.9. The Hall–Kier alpha value is -3.59. The van der Waals surface area contributed by atoms with Crippen molar-refractivity contribution in [2.75, 3.05) is 7.11 Å². The third-order valence-electron chi connectivity index (χ3n) is 3.84. The zero-order chi connectivity index (χ0) is 19.6. The molecule has 136 valence electrons. The molecule has 3 rings (SSSR count). The van der Waals surface area contributed by atoms with Crippen molar-refractivity contribution in [2.45, 2.75) is 0 Å². The van der Waals surface area contributed by atoms with Gasteiger partial charge in [-0.25, -0.2) is 4.90 Å². The lowest BCUT2D eigenvalue weighted by molar-refractivity contribution is -0.384. The number of hydrogen-bond donors (Lipinski definition) is 1. The highest BCUT2D eigenvalue weighted by atomic mass is 32.1. The van der Waals surface area contributed by atoms with E-state index in [1.165, 1.54) is 30.3 Å². The highest BCUT2D eigenvalue weighted by molar-refractivity contribution is 7.80. The fourth-order valence-corrected chi connectivity index (χ4v) is 2.75. The summed E-state index contributed by atoms with van der Waals surface area (Å²) in [5.41, 5.74) is 0.763. The third-order valence-corrected chi connectivity index (χ3v) is 4.13. The summed E-state index contributed by atoms with van der Waals surface area (Å²) >= 11 is 5.10. The lowest BCUT2D eigenvalue weighted by Gasteiger charge is -2.15. The highest BCUT2D eigenvalue weighted by Crippen LogP contribution is 2.22. The molecule has 2 aromatic carbocycles. The Morgan fingerprint density at radius 2 is 1.81 bits per heavy atom. The number of rotatable bonds is 4. The third kappa shape index (κ3) is 3.67. The monoisotopic (exact) mass is 383 g/mol. The lowest BCUT2D eigenvalue weighted by Crippen LogP contribution is -2.33. The van der Waals surface area contributed by atoms with Crippen molar-refractivity contribution in [3.05, 3.63) is 75.5 Å². The van der Waals surface area contributed by atoms with Crippen LogP contribution in [-0.4, -0.2) is 33.9 Å². The predicted octanol–water partition coefficient (Wildman–Crippen LogP) is 2.50. The summed E-state index contributed by atoms with van der Waals surface area (Å²) < 4.78 is 5.09. The van der Waals surface area contributed by atoms with Crippen LogP contribution in [0.15, 0.2) is 54.2 Å². The van der Waals surface area contributed by atoms with Crippen LogP contribution < -0.4 is 10.1 Å². The number of nitrogens with one attached hydrogen (secondary N) is 1. The molecule has 27 heavy (non-hydrogen) atoms. The summed E-state index contributed by atoms with van der Waals surface area (Å²) in [6.45, 7) is 0. The van der Waals surface area contributed by atoms with Crippen molar-refractivity contribution >= 4 is 40.9 Å². The Balaban J connectivity index is 1.94. The quantitative estimate of drug-likeness (QED) is 0.377. The van der Waals surface area contributed by atoms with Crippen LogP contribution in [0.25, 0.3) is 6.08 Å².